The molecule has 0 N–H and O–H groups in total. The molecule has 0 atom stereocenters. The minimum Gasteiger partial charge on any atom is -0.310 e. The van der Waals surface area contributed by atoms with Crippen LogP contribution < -0.4 is 26.2 Å². The van der Waals surface area contributed by atoms with Crippen molar-refractivity contribution in [1.29, 1.82) is 0 Å². The lowest BCUT2D eigenvalue weighted by Gasteiger charge is -2.46. The van der Waals surface area contributed by atoms with Crippen molar-refractivity contribution in [3.8, 4) is 67.3 Å². The number of aromatic nitrogens is 4. The van der Waals surface area contributed by atoms with E-state index >= 15 is 0 Å². The Kier molecular flexibility index (Phi) is 10.5. The summed E-state index contributed by atoms with van der Waals surface area (Å²) in [5, 5.41) is 0.436. The van der Waals surface area contributed by atoms with Crippen LogP contribution in [0.3, 0.4) is 0 Å². The zero-order valence-electron chi connectivity index (χ0n) is 97.5. The topological polar surface area (TPSA) is 26.2 Å². The van der Waals surface area contributed by atoms with Crippen LogP contribution >= 0.6 is 22.7 Å². The van der Waals surface area contributed by atoms with Gasteiger partial charge in [-0.25, -0.2) is 0 Å². The molecule has 0 fully saturated rings. The lowest BCUT2D eigenvalue weighted by atomic mass is 9.33. The van der Waals surface area contributed by atoms with Gasteiger partial charge < -0.3 is 28.1 Å². The minimum atomic E-state index is -1.00. The highest BCUT2D eigenvalue weighted by Crippen LogP contribution is 2.57. The van der Waals surface area contributed by atoms with Crippen LogP contribution in [0.5, 0.6) is 0 Å². The Morgan fingerprint density at radius 2 is 0.583 bits per heavy atom. The third kappa shape index (κ3) is 10.7. The summed E-state index contributed by atoms with van der Waals surface area (Å²) in [5.74, 6) is 0. The average molecular weight is 1680 g/mol. The predicted octanol–water partition coefficient (Wildman–Crippen LogP) is 30.9. The molecule has 0 unspecified atom stereocenters. The molecule has 0 aliphatic carbocycles. The number of para-hydroxylation sites is 6. The van der Waals surface area contributed by atoms with Crippen LogP contribution in [0.25, 0.3) is 195 Å². The summed E-state index contributed by atoms with van der Waals surface area (Å²) in [5.41, 5.74) is 7.80. The van der Waals surface area contributed by atoms with Gasteiger partial charge in [0.15, 0.2) is 0 Å². The van der Waals surface area contributed by atoms with E-state index in [4.69, 9.17) is 11.0 Å². The van der Waals surface area contributed by atoms with E-state index in [0.29, 0.717) is 50.5 Å². The first-order valence-electron chi connectivity index (χ1n) is 56.5. The Labute approximate surface area is 783 Å². The van der Waals surface area contributed by atoms with E-state index < -0.39 is 227 Å². The number of benzene rings is 19. The van der Waals surface area contributed by atoms with E-state index in [1.165, 1.54) is 9.13 Å². The van der Waals surface area contributed by atoms with Crippen LogP contribution in [0.4, 0.5) is 34.1 Å². The number of anilines is 6. The highest BCUT2D eigenvalue weighted by molar-refractivity contribution is 7.26. The monoisotopic (exact) mass is 1680 g/mol. The number of fused-ring (bicyclic) bond motifs is 22. The van der Waals surface area contributed by atoms with Gasteiger partial charge in [-0.3, -0.25) is 0 Å². The molecule has 0 bridgehead atoms. The summed E-state index contributed by atoms with van der Waals surface area (Å²) in [4.78, 5) is 4.51. The normalized spacial score (nSPS) is 16.1. The first-order valence-corrected chi connectivity index (χ1v) is 43.2. The number of thiophene rings is 2. The second-order valence-electron chi connectivity index (χ2n) is 33.1. The summed E-state index contributed by atoms with van der Waals surface area (Å²) in [7, 11) is 0. The van der Waals surface area contributed by atoms with Gasteiger partial charge in [0.25, 0.3) is 6.71 Å². The molecule has 0 spiro atoms. The van der Waals surface area contributed by atoms with Crippen LogP contribution in [0.15, 0.2) is 412 Å². The average Bonchev–Trinajstić information content (AvgIpc) is 1.67. The van der Waals surface area contributed by atoms with Gasteiger partial charge in [0, 0.05) is 140 Å². The van der Waals surface area contributed by atoms with Crippen LogP contribution in [0.2, 0.25) is 0 Å². The SMILES string of the molecule is [2H]c1c([2H])c([2H])c2c(c1[2H])c1c([2H])c(-n3c4c([2H])c([2H])c([2H])c([2H])c4c4c([2H])c([2H])c([2H])c([2H])c43)c([2H])c([2H])c1n2-c1ccc2c(c1)N(c1c(-c3ccc(-c4ccccc4)cc3)ccc3sc4ccccc4c13)c1cc(C(C)(C)C)cc3c1B2c1ccc(-n2c4c([2H])c([2H])c([2H])c([2H])c4c4c([2H])c(-n5c6c([2H])c([2H])c([2H])c([2H])c6c6c([2H])c([2H])c([2H])c([2H])c65)c([2H])c([2H])c42)cc1N3c1c(-c2ccc(-c3ccccc3)cc2)ccc2sc3ccccc3c12. The molecule has 0 saturated carbocycles. The molecule has 9 heteroatoms. The molecular weight excluding hydrogens is 1580 g/mol. The van der Waals surface area contributed by atoms with Crippen molar-refractivity contribution in [2.45, 2.75) is 26.2 Å². The lowest BCUT2D eigenvalue weighted by molar-refractivity contribution is 0.590. The highest BCUT2D eigenvalue weighted by atomic mass is 32.1. The van der Waals surface area contributed by atoms with Crippen LogP contribution in [-0.2, 0) is 5.41 Å². The zero-order chi connectivity index (χ0) is 110. The molecule has 19 aromatic carbocycles. The number of hydrogen-bond acceptors (Lipinski definition) is 4. The fourth-order valence-electron chi connectivity index (χ4n) is 19.7. The van der Waals surface area contributed by atoms with Crippen molar-refractivity contribution < 1.29 is 41.1 Å². The fraction of sp³-hybridized carbons (Fsp3) is 0.0339. The standard InChI is InChI=1S/C118H77BN6S2/c1-118(2,3)78-66-107-115-108(67-78)125(117-84(59-65-112-114(117)92-37-17-25-45-110(92)127-112)77-52-48-75(49-53-77)73-28-8-5-9-29-73)106-71-82(123-102-43-23-15-35-90(102)94-69-80(57-63-104(94)123)121-99-40-20-12-32-87(99)88-33-13-21-41-100(88)121)55-61-96(106)119(115)95-60-54-81(122-101-42-22-14-34-89(101)93-68-79(56-62-103(93)122)120-97-38-18-10-30-85(97)86-31-11-19-39-98(86)120)70-105(95)124(107)116-83(58-64-111-113(116)91-36-16-24-44-109(91)126-111)76-50-46-74(47-51-76)72-26-6-4-7-27-72/h4-71H,1-3H3/i10D,11D,12D,13D,14D,15D,18D,19D,20D,21D,22D,23D,30D,31D,32D,33D,34D,35D,38D,39D,40D,41D,42D,43D,56D,57D,62D,63D,68D,69D. The molecule has 0 amide bonds. The van der Waals surface area contributed by atoms with Crippen molar-refractivity contribution in [2.75, 3.05) is 9.80 Å². The highest BCUT2D eigenvalue weighted by Gasteiger charge is 2.47. The number of hydrogen-bond donors (Lipinski definition) is 0. The fourth-order valence-corrected chi connectivity index (χ4v) is 21.9. The predicted molar refractivity (Wildman–Crippen MR) is 544 cm³/mol. The van der Waals surface area contributed by atoms with Gasteiger partial charge in [-0.05, 0) is 194 Å². The van der Waals surface area contributed by atoms with Crippen molar-refractivity contribution in [1.82, 2.24) is 18.3 Å². The Hall–Kier alpha value is -15.5. The van der Waals surface area contributed by atoms with E-state index in [-0.39, 0.29) is 76.5 Å². The Morgan fingerprint density at radius 1 is 0.260 bits per heavy atom. The number of nitrogens with zero attached hydrogens (tertiary/aromatic N) is 6. The molecule has 0 saturated heterocycles. The largest absolute Gasteiger partial charge is 0.310 e. The van der Waals surface area contributed by atoms with E-state index in [1.807, 2.05) is 109 Å². The summed E-state index contributed by atoms with van der Waals surface area (Å²) in [6.45, 7) is 5.32. The Balaban J connectivity index is 0.813. The van der Waals surface area contributed by atoms with E-state index in [2.05, 4.69) is 140 Å². The van der Waals surface area contributed by atoms with Crippen molar-refractivity contribution in [3.05, 3.63) is 417 Å². The maximum Gasteiger partial charge on any atom is 0.252 e. The van der Waals surface area contributed by atoms with Crippen molar-refractivity contribution in [3.63, 3.8) is 0 Å². The zero-order valence-corrected chi connectivity index (χ0v) is 69.1. The van der Waals surface area contributed by atoms with Crippen molar-refractivity contribution >= 4 is 207 Å². The van der Waals surface area contributed by atoms with Gasteiger partial charge in [0.2, 0.25) is 0 Å². The third-order valence-corrected chi connectivity index (χ3v) is 27.6. The number of rotatable bonds is 10. The van der Waals surface area contributed by atoms with E-state index in [0.717, 1.165) is 99.5 Å². The van der Waals surface area contributed by atoms with Crippen LogP contribution in [-0.4, -0.2) is 25.0 Å². The Morgan fingerprint density at radius 3 is 0.961 bits per heavy atom. The van der Waals surface area contributed by atoms with E-state index in [9.17, 15) is 30.2 Å². The molecule has 2 aliphatic heterocycles. The molecule has 27 rings (SSSR count). The lowest BCUT2D eigenvalue weighted by Crippen LogP contribution is -2.61. The maximum atomic E-state index is 10.9. The molecule has 127 heavy (non-hydrogen) atoms. The smallest absolute Gasteiger partial charge is 0.252 e. The second-order valence-corrected chi connectivity index (χ2v) is 35.3. The summed E-state index contributed by atoms with van der Waals surface area (Å²) < 4.78 is 301. The molecule has 0 radical (unpaired) electrons. The summed E-state index contributed by atoms with van der Waals surface area (Å²) in [6.07, 6.45) is 0. The second kappa shape index (κ2) is 27.5. The van der Waals surface area contributed by atoms with Gasteiger partial charge in [0.1, 0.15) is 0 Å². The van der Waals surface area contributed by atoms with Crippen LogP contribution in [0.1, 0.15) is 67.5 Å². The third-order valence-electron chi connectivity index (χ3n) is 25.3. The molecule has 6 nitrogen and oxygen atoms in total. The molecule has 8 heterocycles. The molecular formula is C118H77BN6S2. The summed E-state index contributed by atoms with van der Waals surface area (Å²) in [6, 6.07) is 54.3. The quantitative estimate of drug-likeness (QED) is 0.128. The Bertz CT molecular complexity index is 10200. The van der Waals surface area contributed by atoms with Gasteiger partial charge >= 0.3 is 0 Å². The molecule has 2 aliphatic rings. The molecule has 6 aromatic heterocycles. The first kappa shape index (κ1) is 48.5. The van der Waals surface area contributed by atoms with Gasteiger partial charge in [-0.2, -0.15) is 0 Å². The molecule has 25 aromatic rings. The maximum absolute atomic E-state index is 10.9. The van der Waals surface area contributed by atoms with Gasteiger partial charge in [-0.1, -0.05) is 299 Å². The molecule has 594 valence electrons. The first-order chi connectivity index (χ1) is 75.1. The van der Waals surface area contributed by atoms with Crippen LogP contribution in [0, 0.1) is 0 Å². The summed E-state index contributed by atoms with van der Waals surface area (Å²) >= 11 is 3.17. The van der Waals surface area contributed by atoms with E-state index in [1.54, 1.807) is 34.8 Å². The van der Waals surface area contributed by atoms with Crippen molar-refractivity contribution in [2.24, 2.45) is 0 Å². The van der Waals surface area contributed by atoms with Gasteiger partial charge in [-0.15, -0.1) is 22.7 Å². The minimum absolute atomic E-state index is 0.104. The van der Waals surface area contributed by atoms with Gasteiger partial charge in [0.05, 0.1) is 96.6 Å².